The molecule has 2 aromatic rings. The Labute approximate surface area is 121 Å². The molecular formula is C12H17N5O2S. The summed E-state index contributed by atoms with van der Waals surface area (Å²) >= 11 is 1.43. The van der Waals surface area contributed by atoms with Crippen LogP contribution in [-0.4, -0.2) is 45.1 Å². The van der Waals surface area contributed by atoms with E-state index in [0.29, 0.717) is 23.9 Å². The fourth-order valence-corrected chi connectivity index (χ4v) is 2.41. The lowest BCUT2D eigenvalue weighted by molar-refractivity contribution is -0.139. The standard InChI is InChI=1S/C12H17N5O2S/c1-4-19-10(18)7-20-6-9-15-11(13-2)8-5-14-17(3)12(8)16-9/h5H,4,6-7H2,1-3H3,(H,13,15,16). The highest BCUT2D eigenvalue weighted by Crippen LogP contribution is 2.20. The fraction of sp³-hybridized carbons (Fsp3) is 0.500. The zero-order valence-corrected chi connectivity index (χ0v) is 12.5. The van der Waals surface area contributed by atoms with E-state index in [1.807, 2.05) is 14.1 Å². The molecule has 0 amide bonds. The Morgan fingerprint density at radius 2 is 2.30 bits per heavy atom. The number of ether oxygens (including phenoxy) is 1. The molecule has 2 rings (SSSR count). The quantitative estimate of drug-likeness (QED) is 0.802. The van der Waals surface area contributed by atoms with Crippen molar-refractivity contribution in [3.63, 3.8) is 0 Å². The van der Waals surface area contributed by atoms with Crippen LogP contribution in [0.25, 0.3) is 11.0 Å². The van der Waals surface area contributed by atoms with E-state index in [9.17, 15) is 4.79 Å². The van der Waals surface area contributed by atoms with Gasteiger partial charge in [0.1, 0.15) is 11.6 Å². The van der Waals surface area contributed by atoms with Crippen molar-refractivity contribution in [2.75, 3.05) is 24.7 Å². The van der Waals surface area contributed by atoms with Crippen LogP contribution >= 0.6 is 11.8 Å². The number of anilines is 1. The van der Waals surface area contributed by atoms with Gasteiger partial charge in [0.15, 0.2) is 5.65 Å². The van der Waals surface area contributed by atoms with E-state index in [4.69, 9.17) is 4.74 Å². The van der Waals surface area contributed by atoms with Crippen molar-refractivity contribution in [1.82, 2.24) is 19.7 Å². The molecule has 1 N–H and O–H groups in total. The van der Waals surface area contributed by atoms with Crippen molar-refractivity contribution in [1.29, 1.82) is 0 Å². The number of esters is 1. The maximum Gasteiger partial charge on any atom is 0.315 e. The molecule has 108 valence electrons. The van der Waals surface area contributed by atoms with Gasteiger partial charge in [-0.05, 0) is 6.92 Å². The number of aromatic nitrogens is 4. The van der Waals surface area contributed by atoms with Gasteiger partial charge in [0.05, 0.1) is 29.7 Å². The summed E-state index contributed by atoms with van der Waals surface area (Å²) in [6, 6.07) is 0. The molecule has 0 aliphatic rings. The Kier molecular flexibility index (Phi) is 4.78. The van der Waals surface area contributed by atoms with Crippen molar-refractivity contribution in [3.05, 3.63) is 12.0 Å². The van der Waals surface area contributed by atoms with Crippen LogP contribution in [0.2, 0.25) is 0 Å². The maximum absolute atomic E-state index is 11.3. The first kappa shape index (κ1) is 14.6. The molecule has 7 nitrogen and oxygen atoms in total. The summed E-state index contributed by atoms with van der Waals surface area (Å²) in [5.41, 5.74) is 0.774. The number of nitrogens with one attached hydrogen (secondary N) is 1. The summed E-state index contributed by atoms with van der Waals surface area (Å²) in [5, 5.41) is 8.09. The van der Waals surface area contributed by atoms with Gasteiger partial charge in [0, 0.05) is 14.1 Å². The second kappa shape index (κ2) is 6.56. The highest BCUT2D eigenvalue weighted by molar-refractivity contribution is 7.99. The largest absolute Gasteiger partial charge is 0.465 e. The van der Waals surface area contributed by atoms with E-state index in [-0.39, 0.29) is 5.97 Å². The summed E-state index contributed by atoms with van der Waals surface area (Å²) in [5.74, 6) is 2.05. The molecule has 0 aliphatic carbocycles. The number of thioether (sulfide) groups is 1. The second-order valence-corrected chi connectivity index (χ2v) is 5.03. The molecule has 0 aliphatic heterocycles. The maximum atomic E-state index is 11.3. The van der Waals surface area contributed by atoms with Gasteiger partial charge in [-0.15, -0.1) is 11.8 Å². The summed E-state index contributed by atoms with van der Waals surface area (Å²) in [4.78, 5) is 20.2. The average molecular weight is 295 g/mol. The number of hydrogen-bond donors (Lipinski definition) is 1. The zero-order chi connectivity index (χ0) is 14.5. The first-order chi connectivity index (χ1) is 9.65. The summed E-state index contributed by atoms with van der Waals surface area (Å²) in [6.07, 6.45) is 1.73. The van der Waals surface area contributed by atoms with E-state index in [0.717, 1.165) is 16.9 Å². The van der Waals surface area contributed by atoms with Gasteiger partial charge >= 0.3 is 5.97 Å². The van der Waals surface area contributed by atoms with Gasteiger partial charge in [-0.1, -0.05) is 0 Å². The lowest BCUT2D eigenvalue weighted by Crippen LogP contribution is -2.08. The summed E-state index contributed by atoms with van der Waals surface area (Å²) in [7, 11) is 3.65. The Morgan fingerprint density at radius 3 is 3.00 bits per heavy atom. The third-order valence-electron chi connectivity index (χ3n) is 2.63. The molecule has 2 aromatic heterocycles. The van der Waals surface area contributed by atoms with E-state index >= 15 is 0 Å². The number of carbonyl (C=O) groups is 1. The minimum absolute atomic E-state index is 0.215. The minimum Gasteiger partial charge on any atom is -0.465 e. The first-order valence-electron chi connectivity index (χ1n) is 6.25. The zero-order valence-electron chi connectivity index (χ0n) is 11.7. The molecule has 8 heteroatoms. The third-order valence-corrected chi connectivity index (χ3v) is 3.53. The molecule has 0 bridgehead atoms. The predicted molar refractivity (Wildman–Crippen MR) is 78.6 cm³/mol. The van der Waals surface area contributed by atoms with Crippen LogP contribution in [-0.2, 0) is 22.3 Å². The Bertz CT molecular complexity index is 613. The van der Waals surface area contributed by atoms with Crippen molar-refractivity contribution < 1.29 is 9.53 Å². The van der Waals surface area contributed by atoms with Gasteiger partial charge in [0.2, 0.25) is 0 Å². The van der Waals surface area contributed by atoms with Crippen molar-refractivity contribution in [3.8, 4) is 0 Å². The number of aryl methyl sites for hydroxylation is 1. The van der Waals surface area contributed by atoms with Crippen molar-refractivity contribution in [2.45, 2.75) is 12.7 Å². The normalized spacial score (nSPS) is 10.8. The molecule has 0 spiro atoms. The molecular weight excluding hydrogens is 278 g/mol. The van der Waals surface area contributed by atoms with Crippen LogP contribution in [0.5, 0.6) is 0 Å². The Hall–Kier alpha value is -1.83. The summed E-state index contributed by atoms with van der Waals surface area (Å²) < 4.78 is 6.58. The van der Waals surface area contributed by atoms with E-state index in [1.165, 1.54) is 11.8 Å². The smallest absolute Gasteiger partial charge is 0.315 e. The van der Waals surface area contributed by atoms with Crippen LogP contribution in [0.4, 0.5) is 5.82 Å². The number of fused-ring (bicyclic) bond motifs is 1. The van der Waals surface area contributed by atoms with E-state index < -0.39 is 0 Å². The lowest BCUT2D eigenvalue weighted by Gasteiger charge is -2.06. The highest BCUT2D eigenvalue weighted by Gasteiger charge is 2.11. The van der Waals surface area contributed by atoms with E-state index in [2.05, 4.69) is 20.4 Å². The van der Waals surface area contributed by atoms with Crippen LogP contribution in [0, 0.1) is 0 Å². The molecule has 0 atom stereocenters. The van der Waals surface area contributed by atoms with Gasteiger partial charge in [-0.25, -0.2) is 9.97 Å². The molecule has 0 saturated carbocycles. The van der Waals surface area contributed by atoms with Gasteiger partial charge in [0.25, 0.3) is 0 Å². The average Bonchev–Trinajstić information content (AvgIpc) is 2.80. The van der Waals surface area contributed by atoms with Gasteiger partial charge in [-0.2, -0.15) is 5.10 Å². The predicted octanol–water partition coefficient (Wildman–Crippen LogP) is 1.20. The summed E-state index contributed by atoms with van der Waals surface area (Å²) in [6.45, 7) is 2.20. The fourth-order valence-electron chi connectivity index (χ4n) is 1.75. The van der Waals surface area contributed by atoms with Gasteiger partial charge in [-0.3, -0.25) is 9.48 Å². The molecule has 0 aromatic carbocycles. The molecule has 2 heterocycles. The van der Waals surface area contributed by atoms with Crippen LogP contribution in [0.15, 0.2) is 6.20 Å². The molecule has 0 radical (unpaired) electrons. The second-order valence-electron chi connectivity index (χ2n) is 4.04. The Balaban J connectivity index is 2.10. The number of rotatable bonds is 6. The molecule has 0 unspecified atom stereocenters. The van der Waals surface area contributed by atoms with Crippen LogP contribution in [0.1, 0.15) is 12.7 Å². The molecule has 0 saturated heterocycles. The SMILES string of the molecule is CCOC(=O)CSCc1nc(NC)c2cnn(C)c2n1. The third kappa shape index (κ3) is 3.19. The van der Waals surface area contributed by atoms with Crippen LogP contribution < -0.4 is 5.32 Å². The number of carbonyl (C=O) groups excluding carboxylic acids is 1. The monoisotopic (exact) mass is 295 g/mol. The van der Waals surface area contributed by atoms with E-state index in [1.54, 1.807) is 17.8 Å². The minimum atomic E-state index is -0.215. The highest BCUT2D eigenvalue weighted by atomic mass is 32.2. The number of hydrogen-bond acceptors (Lipinski definition) is 7. The Morgan fingerprint density at radius 1 is 1.50 bits per heavy atom. The molecule has 20 heavy (non-hydrogen) atoms. The van der Waals surface area contributed by atoms with Crippen molar-refractivity contribution in [2.24, 2.45) is 7.05 Å². The number of nitrogens with zero attached hydrogens (tertiary/aromatic N) is 4. The molecule has 0 fully saturated rings. The van der Waals surface area contributed by atoms with Gasteiger partial charge < -0.3 is 10.1 Å². The topological polar surface area (TPSA) is 81.9 Å². The first-order valence-corrected chi connectivity index (χ1v) is 7.41. The van der Waals surface area contributed by atoms with Crippen LogP contribution in [0.3, 0.4) is 0 Å². The lowest BCUT2D eigenvalue weighted by atomic mass is 10.4. The van der Waals surface area contributed by atoms with Crippen molar-refractivity contribution >= 4 is 34.6 Å².